The second-order valence-electron chi connectivity index (χ2n) is 7.57. The first-order valence-electron chi connectivity index (χ1n) is 9.46. The van der Waals surface area contributed by atoms with Gasteiger partial charge in [-0.05, 0) is 0 Å². The number of benzene rings is 3. The molecule has 0 aromatic heterocycles. The van der Waals surface area contributed by atoms with Gasteiger partial charge in [0.05, 0.1) is 0 Å². The van der Waals surface area contributed by atoms with E-state index in [9.17, 15) is 43.9 Å². The van der Waals surface area contributed by atoms with Crippen LogP contribution in [0.4, 0.5) is 43.9 Å². The van der Waals surface area contributed by atoms with Crippen LogP contribution in [0, 0.1) is 58.2 Å². The molecule has 1 aliphatic carbocycles. The Balaban J connectivity index is 0.00000228. The first-order chi connectivity index (χ1) is 15.9. The quantitative estimate of drug-likeness (QED) is 0.117. The molecule has 0 radical (unpaired) electrons. The Morgan fingerprint density at radius 2 is 0.892 bits per heavy atom. The van der Waals surface area contributed by atoms with Crippen molar-refractivity contribution in [3.8, 4) is 0 Å². The van der Waals surface area contributed by atoms with Gasteiger partial charge in [-0.2, -0.15) is 0 Å². The van der Waals surface area contributed by atoms with Crippen molar-refractivity contribution in [1.29, 1.82) is 0 Å². The largest absolute Gasteiger partial charge is 1.00 e. The molecule has 0 saturated carbocycles. The standard InChI is InChI=1S/C22H8BF10.3ClH.Zr/c1-7-6-8-4-2-3-5-9(8)10(7)23(11-13(24)17(28)21(32)18(29)14(11)25)12-15(26)19(30)22(33)20(31)16(12)27;;;;/h2-5,10H,1H3;3*1H;/q;;;;+3/p-3. The molecule has 0 nitrogen and oxygen atoms in total. The fourth-order valence-corrected chi connectivity index (χ4v) is 5.24. The maximum atomic E-state index is 14.9. The smallest absolute Gasteiger partial charge is 1.00 e. The van der Waals surface area contributed by atoms with Gasteiger partial charge in [0.15, 0.2) is 0 Å². The third-order valence-electron chi connectivity index (χ3n) is 5.87. The second-order valence-corrected chi connectivity index (χ2v) is 8.80. The molecule has 0 fully saturated rings. The summed E-state index contributed by atoms with van der Waals surface area (Å²) in [5.74, 6) is -26.0. The molecule has 3 aromatic rings. The summed E-state index contributed by atoms with van der Waals surface area (Å²) in [5.41, 5.74) is -2.56. The van der Waals surface area contributed by atoms with Crippen LogP contribution in [-0.2, 0) is 24.7 Å². The van der Waals surface area contributed by atoms with Crippen molar-refractivity contribution in [2.45, 2.75) is 12.7 Å². The first kappa shape index (κ1) is 33.5. The minimum atomic E-state index is -2.53. The van der Waals surface area contributed by atoms with Crippen LogP contribution in [0.5, 0.6) is 0 Å². The van der Waals surface area contributed by atoms with Gasteiger partial charge >= 0.3 is 201 Å². The average Bonchev–Trinajstić information content (AvgIpc) is 3.08. The summed E-state index contributed by atoms with van der Waals surface area (Å²) in [7, 11) is 0. The van der Waals surface area contributed by atoms with Gasteiger partial charge in [-0.3, -0.25) is 0 Å². The number of hydrogen-bond donors (Lipinski definition) is 0. The van der Waals surface area contributed by atoms with Gasteiger partial charge in [-0.15, -0.1) is 0 Å². The van der Waals surface area contributed by atoms with Gasteiger partial charge in [0, 0.05) is 0 Å². The van der Waals surface area contributed by atoms with Crippen molar-refractivity contribution in [3.63, 3.8) is 0 Å². The van der Waals surface area contributed by atoms with Crippen LogP contribution in [0.1, 0.15) is 23.9 Å². The zero-order chi connectivity index (χ0) is 25.2. The van der Waals surface area contributed by atoms with Crippen LogP contribution in [0.15, 0.2) is 29.8 Å². The van der Waals surface area contributed by atoms with Crippen LogP contribution in [0.3, 0.4) is 0 Å². The molecule has 37 heavy (non-hydrogen) atoms. The van der Waals surface area contributed by atoms with E-state index in [4.69, 9.17) is 0 Å². The topological polar surface area (TPSA) is 0 Å². The van der Waals surface area contributed by atoms with Crippen LogP contribution in [0.2, 0.25) is 0 Å². The average molecular weight is 671 g/mol. The molecule has 1 unspecified atom stereocenters. The van der Waals surface area contributed by atoms with E-state index in [2.05, 4.69) is 0 Å². The zero-order valence-electron chi connectivity index (χ0n) is 17.9. The Hall–Kier alpha value is -1.48. The van der Waals surface area contributed by atoms with Gasteiger partial charge in [0.25, 0.3) is 0 Å². The van der Waals surface area contributed by atoms with Crippen molar-refractivity contribution in [1.82, 2.24) is 0 Å². The SMILES string of the molecule is CC1=[C]([Zr+3])c2ccccc2C1B(c1c(F)c(F)c(F)c(F)c1F)c1c(F)c(F)c(F)c(F)c1F.[Cl-].[Cl-].[Cl-]. The van der Waals surface area contributed by atoms with Crippen LogP contribution >= 0.6 is 0 Å². The first-order valence-corrected chi connectivity index (χ1v) is 10.7. The Morgan fingerprint density at radius 1 is 0.568 bits per heavy atom. The van der Waals surface area contributed by atoms with Crippen LogP contribution < -0.4 is 48.1 Å². The van der Waals surface area contributed by atoms with E-state index in [0.717, 1.165) is 24.7 Å². The molecular weight excluding hydrogens is 663 g/mol. The molecule has 0 spiro atoms. The monoisotopic (exact) mass is 668 g/mol. The Labute approximate surface area is 237 Å². The number of allylic oxidation sites excluding steroid dienone is 1. The van der Waals surface area contributed by atoms with Gasteiger partial charge in [0.2, 0.25) is 0 Å². The molecule has 1 atom stereocenters. The second kappa shape index (κ2) is 12.1. The molecule has 0 amide bonds. The molecule has 15 heteroatoms. The molecule has 0 bridgehead atoms. The molecule has 194 valence electrons. The van der Waals surface area contributed by atoms with E-state index < -0.39 is 81.6 Å². The Bertz CT molecular complexity index is 1290. The maximum absolute atomic E-state index is 14.9. The maximum Gasteiger partial charge on any atom is -1.00 e. The predicted octanol–water partition coefficient (Wildman–Crippen LogP) is -3.69. The zero-order valence-corrected chi connectivity index (χ0v) is 22.6. The van der Waals surface area contributed by atoms with E-state index >= 15 is 0 Å². The molecular formula is C22H8BCl3F10Zr. The number of hydrogen-bond acceptors (Lipinski definition) is 0. The van der Waals surface area contributed by atoms with Crippen molar-refractivity contribution >= 4 is 20.9 Å². The van der Waals surface area contributed by atoms with Crippen molar-refractivity contribution < 1.29 is 106 Å². The normalized spacial score (nSPS) is 14.0. The van der Waals surface area contributed by atoms with Crippen molar-refractivity contribution in [2.75, 3.05) is 0 Å². The van der Waals surface area contributed by atoms with Crippen molar-refractivity contribution in [2.24, 2.45) is 0 Å². The summed E-state index contributed by atoms with van der Waals surface area (Å²) >= 11 is 0.729. The minimum Gasteiger partial charge on any atom is -1.00 e. The Kier molecular flexibility index (Phi) is 11.0. The fraction of sp³-hybridized carbons (Fsp3) is 0.0909. The number of halogens is 13. The van der Waals surface area contributed by atoms with Crippen LogP contribution in [-0.4, -0.2) is 6.71 Å². The van der Waals surface area contributed by atoms with E-state index in [1.165, 1.54) is 19.1 Å². The minimum absolute atomic E-state index is 0. The van der Waals surface area contributed by atoms with Crippen molar-refractivity contribution in [3.05, 3.63) is 99.1 Å². The molecule has 0 aliphatic heterocycles. The summed E-state index contributed by atoms with van der Waals surface area (Å²) in [6.45, 7) is -1.09. The van der Waals surface area contributed by atoms with Gasteiger partial charge in [0.1, 0.15) is 0 Å². The predicted molar refractivity (Wildman–Crippen MR) is 99.3 cm³/mol. The van der Waals surface area contributed by atoms with E-state index in [1.807, 2.05) is 0 Å². The molecule has 0 N–H and O–H groups in total. The molecule has 3 aromatic carbocycles. The Morgan fingerprint density at radius 3 is 1.27 bits per heavy atom. The summed E-state index contributed by atoms with van der Waals surface area (Å²) in [6, 6.07) is 5.95. The third kappa shape index (κ3) is 4.99. The summed E-state index contributed by atoms with van der Waals surface area (Å²) in [6.07, 6.45) is 0. The summed E-state index contributed by atoms with van der Waals surface area (Å²) in [5, 5.41) is 0. The molecule has 1 aliphatic rings. The fourth-order valence-electron chi connectivity index (χ4n) is 4.29. The molecule has 0 saturated heterocycles. The van der Waals surface area contributed by atoms with Gasteiger partial charge in [-0.25, -0.2) is 0 Å². The number of rotatable bonds is 3. The summed E-state index contributed by atoms with van der Waals surface area (Å²) in [4.78, 5) is 0. The van der Waals surface area contributed by atoms with Crippen LogP contribution in [0.25, 0.3) is 3.28 Å². The van der Waals surface area contributed by atoms with E-state index in [1.54, 1.807) is 12.1 Å². The number of fused-ring (bicyclic) bond motifs is 1. The summed E-state index contributed by atoms with van der Waals surface area (Å²) < 4.78 is 144. The molecule has 0 heterocycles. The van der Waals surface area contributed by atoms with E-state index in [0.29, 0.717) is 8.84 Å². The van der Waals surface area contributed by atoms with E-state index in [-0.39, 0.29) is 48.4 Å². The third-order valence-corrected chi connectivity index (χ3v) is 7.50. The molecule has 4 rings (SSSR count). The van der Waals surface area contributed by atoms with Gasteiger partial charge in [-0.1, -0.05) is 0 Å². The van der Waals surface area contributed by atoms with Gasteiger partial charge < -0.3 is 37.2 Å².